The van der Waals surface area contributed by atoms with Crippen LogP contribution >= 0.6 is 0 Å². The van der Waals surface area contributed by atoms with Crippen LogP contribution in [-0.2, 0) is 14.4 Å². The molecule has 32 heavy (non-hydrogen) atoms. The standard InChI is InChI=1S/C29H46O3/c1-19(2)12-9-13-20(3)14-10-15-21(4)16-11-17-22(5)18-26(30)27-25(8)28(31)23(6)24(7)29(27)32/h18-21H,9-17H2,1-8H3/t20-,21-/m1/s1. The Bertz CT molecular complexity index is 776. The van der Waals surface area contributed by atoms with Crippen molar-refractivity contribution in [2.45, 2.75) is 113 Å². The van der Waals surface area contributed by atoms with Crippen molar-refractivity contribution in [3.05, 3.63) is 33.9 Å². The van der Waals surface area contributed by atoms with Gasteiger partial charge in [-0.15, -0.1) is 0 Å². The van der Waals surface area contributed by atoms with Crippen molar-refractivity contribution in [2.24, 2.45) is 17.8 Å². The SMILES string of the molecule is CC(=CC(=O)C1=C(C)C(=O)C(C)=C(C)C1=O)CCC[C@H](C)CCC[C@H](C)CCCC(C)C. The van der Waals surface area contributed by atoms with E-state index in [1.807, 2.05) is 6.92 Å². The molecule has 0 aromatic rings. The molecule has 0 bridgehead atoms. The van der Waals surface area contributed by atoms with Gasteiger partial charge in [0, 0.05) is 16.7 Å². The monoisotopic (exact) mass is 442 g/mol. The first-order chi connectivity index (χ1) is 15.0. The Morgan fingerprint density at radius 3 is 1.72 bits per heavy atom. The molecule has 0 aliphatic heterocycles. The average Bonchev–Trinajstić information content (AvgIpc) is 2.70. The summed E-state index contributed by atoms with van der Waals surface area (Å²) in [6.45, 7) is 16.1. The summed E-state index contributed by atoms with van der Waals surface area (Å²) in [6, 6.07) is 0. The minimum atomic E-state index is -0.329. The molecule has 0 aromatic carbocycles. The number of carbonyl (C=O) groups excluding carboxylic acids is 3. The minimum absolute atomic E-state index is 0.0494. The van der Waals surface area contributed by atoms with E-state index < -0.39 is 0 Å². The number of allylic oxidation sites excluding steroid dienone is 6. The highest BCUT2D eigenvalue weighted by Gasteiger charge is 2.31. The fourth-order valence-electron chi connectivity index (χ4n) is 4.47. The van der Waals surface area contributed by atoms with Gasteiger partial charge in [0.15, 0.2) is 17.3 Å². The molecule has 0 heterocycles. The maximum atomic E-state index is 12.7. The molecule has 2 atom stereocenters. The number of ketones is 3. The van der Waals surface area contributed by atoms with E-state index in [0.717, 1.165) is 36.7 Å². The van der Waals surface area contributed by atoms with Crippen molar-refractivity contribution >= 4 is 17.3 Å². The van der Waals surface area contributed by atoms with Crippen LogP contribution in [0.15, 0.2) is 33.9 Å². The van der Waals surface area contributed by atoms with Gasteiger partial charge in [-0.1, -0.05) is 78.2 Å². The zero-order valence-corrected chi connectivity index (χ0v) is 21.9. The second-order valence-corrected chi connectivity index (χ2v) is 10.6. The van der Waals surface area contributed by atoms with Gasteiger partial charge in [0.25, 0.3) is 0 Å². The van der Waals surface area contributed by atoms with Gasteiger partial charge in [0.1, 0.15) is 0 Å². The molecule has 180 valence electrons. The molecule has 3 nitrogen and oxygen atoms in total. The van der Waals surface area contributed by atoms with E-state index in [1.165, 1.54) is 38.5 Å². The van der Waals surface area contributed by atoms with Gasteiger partial charge in [0.05, 0.1) is 5.57 Å². The molecule has 1 rings (SSSR count). The highest BCUT2D eigenvalue weighted by molar-refractivity contribution is 6.37. The van der Waals surface area contributed by atoms with Gasteiger partial charge in [-0.25, -0.2) is 0 Å². The third kappa shape index (κ3) is 9.00. The van der Waals surface area contributed by atoms with Crippen LogP contribution < -0.4 is 0 Å². The number of hydrogen-bond donors (Lipinski definition) is 0. The van der Waals surface area contributed by atoms with E-state index in [4.69, 9.17) is 0 Å². The van der Waals surface area contributed by atoms with Crippen LogP contribution in [0.1, 0.15) is 113 Å². The molecule has 0 saturated heterocycles. The van der Waals surface area contributed by atoms with Crippen molar-refractivity contribution in [3.63, 3.8) is 0 Å². The molecule has 0 fully saturated rings. The van der Waals surface area contributed by atoms with E-state index >= 15 is 0 Å². The lowest BCUT2D eigenvalue weighted by molar-refractivity contribution is -0.120. The van der Waals surface area contributed by atoms with E-state index in [-0.39, 0.29) is 28.5 Å². The second-order valence-electron chi connectivity index (χ2n) is 10.6. The Morgan fingerprint density at radius 1 is 0.719 bits per heavy atom. The summed E-state index contributed by atoms with van der Waals surface area (Å²) >= 11 is 0. The zero-order chi connectivity index (χ0) is 24.4. The first kappa shape index (κ1) is 28.3. The lowest BCUT2D eigenvalue weighted by Gasteiger charge is -2.17. The van der Waals surface area contributed by atoms with Gasteiger partial charge in [-0.3, -0.25) is 14.4 Å². The van der Waals surface area contributed by atoms with E-state index in [0.29, 0.717) is 17.1 Å². The molecule has 3 heteroatoms. The largest absolute Gasteiger partial charge is 0.289 e. The maximum absolute atomic E-state index is 12.7. The summed E-state index contributed by atoms with van der Waals surface area (Å²) in [7, 11) is 0. The van der Waals surface area contributed by atoms with E-state index in [9.17, 15) is 14.4 Å². The minimum Gasteiger partial charge on any atom is -0.289 e. The lowest BCUT2D eigenvalue weighted by atomic mass is 9.83. The Balaban J connectivity index is 2.41. The fourth-order valence-corrected chi connectivity index (χ4v) is 4.47. The van der Waals surface area contributed by atoms with Gasteiger partial charge in [0.2, 0.25) is 0 Å². The number of hydrogen-bond acceptors (Lipinski definition) is 3. The molecule has 0 radical (unpaired) electrons. The number of Topliss-reactive ketones (excluding diaryl/α,β-unsaturated/α-hetero) is 2. The normalized spacial score (nSPS) is 17.5. The van der Waals surface area contributed by atoms with Crippen LogP contribution in [0.3, 0.4) is 0 Å². The average molecular weight is 443 g/mol. The van der Waals surface area contributed by atoms with Crippen molar-refractivity contribution in [3.8, 4) is 0 Å². The van der Waals surface area contributed by atoms with E-state index in [1.54, 1.807) is 26.8 Å². The van der Waals surface area contributed by atoms with Gasteiger partial charge in [-0.05, 0) is 64.4 Å². The molecule has 1 aliphatic carbocycles. The van der Waals surface area contributed by atoms with Crippen LogP contribution in [0.5, 0.6) is 0 Å². The Labute approximate surface area is 196 Å². The summed E-state index contributed by atoms with van der Waals surface area (Å²) in [5.74, 6) is 1.50. The molecule has 0 unspecified atom stereocenters. The summed E-state index contributed by atoms with van der Waals surface area (Å²) in [5, 5.41) is 0. The van der Waals surface area contributed by atoms with Crippen LogP contribution in [0.4, 0.5) is 0 Å². The molecular formula is C29H46O3. The van der Waals surface area contributed by atoms with Crippen LogP contribution in [0.25, 0.3) is 0 Å². The van der Waals surface area contributed by atoms with Gasteiger partial charge >= 0.3 is 0 Å². The highest BCUT2D eigenvalue weighted by Crippen LogP contribution is 2.26. The molecule has 0 spiro atoms. The summed E-state index contributed by atoms with van der Waals surface area (Å²) in [5.41, 5.74) is 2.14. The quantitative estimate of drug-likeness (QED) is 0.157. The third-order valence-corrected chi connectivity index (χ3v) is 6.95. The maximum Gasteiger partial charge on any atom is 0.193 e. The van der Waals surface area contributed by atoms with Crippen LogP contribution in [0, 0.1) is 17.8 Å². The first-order valence-electron chi connectivity index (χ1n) is 12.6. The Hall–Kier alpha value is -1.77. The topological polar surface area (TPSA) is 51.2 Å². The summed E-state index contributed by atoms with van der Waals surface area (Å²) in [4.78, 5) is 37.5. The number of rotatable bonds is 14. The van der Waals surface area contributed by atoms with Gasteiger partial charge in [-0.2, -0.15) is 0 Å². The number of carbonyl (C=O) groups is 3. The molecule has 0 amide bonds. The Kier molecular flexibility index (Phi) is 12.1. The van der Waals surface area contributed by atoms with Crippen molar-refractivity contribution in [1.29, 1.82) is 0 Å². The third-order valence-electron chi connectivity index (χ3n) is 6.95. The van der Waals surface area contributed by atoms with Crippen molar-refractivity contribution < 1.29 is 14.4 Å². The van der Waals surface area contributed by atoms with Crippen LogP contribution in [-0.4, -0.2) is 17.3 Å². The van der Waals surface area contributed by atoms with Crippen LogP contribution in [0.2, 0.25) is 0 Å². The summed E-state index contributed by atoms with van der Waals surface area (Å²) in [6.07, 6.45) is 12.5. The van der Waals surface area contributed by atoms with Crippen molar-refractivity contribution in [1.82, 2.24) is 0 Å². The van der Waals surface area contributed by atoms with Gasteiger partial charge < -0.3 is 0 Å². The van der Waals surface area contributed by atoms with E-state index in [2.05, 4.69) is 27.7 Å². The van der Waals surface area contributed by atoms with Crippen molar-refractivity contribution in [2.75, 3.05) is 0 Å². The smallest absolute Gasteiger partial charge is 0.193 e. The predicted molar refractivity (Wildman–Crippen MR) is 135 cm³/mol. The molecule has 1 aliphatic rings. The molecule has 0 saturated carbocycles. The molecular weight excluding hydrogens is 396 g/mol. The molecule has 0 aromatic heterocycles. The summed E-state index contributed by atoms with van der Waals surface area (Å²) < 4.78 is 0. The Morgan fingerprint density at radius 2 is 1.19 bits per heavy atom. The highest BCUT2D eigenvalue weighted by atomic mass is 16.2. The zero-order valence-electron chi connectivity index (χ0n) is 21.9. The fraction of sp³-hybridized carbons (Fsp3) is 0.690. The first-order valence-corrected chi connectivity index (χ1v) is 12.6. The second kappa shape index (κ2) is 13.7. The molecule has 0 N–H and O–H groups in total. The predicted octanol–water partition coefficient (Wildman–Crippen LogP) is 7.75. The lowest BCUT2D eigenvalue weighted by Crippen LogP contribution is -2.24.